The Morgan fingerprint density at radius 1 is 1.36 bits per heavy atom. The number of hydrogen-bond donors (Lipinski definition) is 2. The Morgan fingerprint density at radius 2 is 2.14 bits per heavy atom. The highest BCUT2D eigenvalue weighted by Gasteiger charge is 2.20. The molecule has 0 bridgehead atoms. The van der Waals surface area contributed by atoms with Gasteiger partial charge in [-0.2, -0.15) is 0 Å². The van der Waals surface area contributed by atoms with Crippen LogP contribution in [0.1, 0.15) is 19.3 Å². The average molecular weight is 193 g/mol. The van der Waals surface area contributed by atoms with Crippen LogP contribution in [0, 0.1) is 0 Å². The Hall–Kier alpha value is -1.29. The minimum atomic E-state index is -0.0221. The van der Waals surface area contributed by atoms with E-state index in [0.29, 0.717) is 0 Å². The maximum absolute atomic E-state index is 11.7. The second kappa shape index (κ2) is 4.28. The summed E-state index contributed by atoms with van der Waals surface area (Å²) in [5, 5.41) is 3.21. The number of hydrogen-bond acceptors (Lipinski definition) is 2. The zero-order valence-corrected chi connectivity index (χ0v) is 8.07. The van der Waals surface area contributed by atoms with Crippen molar-refractivity contribution in [3.05, 3.63) is 24.5 Å². The fourth-order valence-corrected chi connectivity index (χ4v) is 1.69. The van der Waals surface area contributed by atoms with Crippen LogP contribution in [0.2, 0.25) is 0 Å². The third-order valence-corrected chi connectivity index (χ3v) is 2.47. The van der Waals surface area contributed by atoms with Crippen molar-refractivity contribution in [2.75, 3.05) is 12.0 Å². The topological polar surface area (TPSA) is 46.1 Å². The van der Waals surface area contributed by atoms with E-state index in [2.05, 4.69) is 10.7 Å². The Labute approximate surface area is 83.3 Å². The predicted molar refractivity (Wildman–Crippen MR) is 54.4 cm³/mol. The van der Waals surface area contributed by atoms with Gasteiger partial charge < -0.3 is 5.32 Å². The fourth-order valence-electron chi connectivity index (χ4n) is 1.69. The van der Waals surface area contributed by atoms with Crippen molar-refractivity contribution in [2.45, 2.75) is 25.3 Å². The number of nitrogens with one attached hydrogen (secondary N) is 2. The number of rotatable bonds is 2. The maximum Gasteiger partial charge on any atom is 0.255 e. The van der Waals surface area contributed by atoms with E-state index < -0.39 is 0 Å². The van der Waals surface area contributed by atoms with Crippen LogP contribution in [0.5, 0.6) is 0 Å². The van der Waals surface area contributed by atoms with Crippen LogP contribution in [0.3, 0.4) is 0 Å². The van der Waals surface area contributed by atoms with E-state index in [4.69, 9.17) is 0 Å². The lowest BCUT2D eigenvalue weighted by atomic mass is 10.0. The SMILES string of the molecule is O=C(Nn1cccc1)C1CCCCN1. The summed E-state index contributed by atoms with van der Waals surface area (Å²) in [7, 11) is 0. The van der Waals surface area contributed by atoms with Crippen molar-refractivity contribution >= 4 is 5.91 Å². The highest BCUT2D eigenvalue weighted by molar-refractivity contribution is 5.88. The molecule has 0 radical (unpaired) electrons. The molecule has 4 nitrogen and oxygen atoms in total. The van der Waals surface area contributed by atoms with Gasteiger partial charge in [-0.1, -0.05) is 6.42 Å². The summed E-state index contributed by atoms with van der Waals surface area (Å²) in [4.78, 5) is 11.7. The molecule has 4 heteroatoms. The zero-order valence-electron chi connectivity index (χ0n) is 8.07. The molecule has 1 aromatic heterocycles. The Kier molecular flexibility index (Phi) is 2.84. The molecular weight excluding hydrogens is 178 g/mol. The third kappa shape index (κ3) is 2.14. The summed E-state index contributed by atoms with van der Waals surface area (Å²) < 4.78 is 1.68. The maximum atomic E-state index is 11.7. The van der Waals surface area contributed by atoms with E-state index in [0.717, 1.165) is 19.4 Å². The average Bonchev–Trinajstić information content (AvgIpc) is 2.72. The summed E-state index contributed by atoms with van der Waals surface area (Å²) in [6.45, 7) is 0.948. The van der Waals surface area contributed by atoms with Gasteiger partial charge in [0.25, 0.3) is 5.91 Å². The monoisotopic (exact) mass is 193 g/mol. The van der Waals surface area contributed by atoms with Crippen LogP contribution < -0.4 is 10.7 Å². The van der Waals surface area contributed by atoms with Gasteiger partial charge in [0, 0.05) is 12.4 Å². The minimum Gasteiger partial charge on any atom is -0.306 e. The van der Waals surface area contributed by atoms with E-state index in [-0.39, 0.29) is 11.9 Å². The number of aromatic nitrogens is 1. The van der Waals surface area contributed by atoms with E-state index in [1.54, 1.807) is 4.68 Å². The summed E-state index contributed by atoms with van der Waals surface area (Å²) in [6.07, 6.45) is 6.89. The Morgan fingerprint density at radius 3 is 2.79 bits per heavy atom. The normalized spacial score (nSPS) is 21.9. The number of amides is 1. The standard InChI is InChI=1S/C10H15N3O/c14-10(9-5-1-2-6-11-9)12-13-7-3-4-8-13/h3-4,7-9,11H,1-2,5-6H2,(H,12,14). The van der Waals surface area contributed by atoms with Gasteiger partial charge in [0.2, 0.25) is 0 Å². The van der Waals surface area contributed by atoms with Crippen LogP contribution >= 0.6 is 0 Å². The first-order valence-electron chi connectivity index (χ1n) is 5.03. The summed E-state index contributed by atoms with van der Waals surface area (Å²) >= 11 is 0. The number of carbonyl (C=O) groups is 1. The highest BCUT2D eigenvalue weighted by Crippen LogP contribution is 2.07. The van der Waals surface area contributed by atoms with E-state index >= 15 is 0 Å². The lowest BCUT2D eigenvalue weighted by molar-refractivity contribution is -0.119. The smallest absolute Gasteiger partial charge is 0.255 e. The van der Waals surface area contributed by atoms with Crippen molar-refractivity contribution in [3.63, 3.8) is 0 Å². The molecule has 0 aromatic carbocycles. The molecule has 76 valence electrons. The molecule has 1 amide bonds. The molecule has 0 spiro atoms. The first-order chi connectivity index (χ1) is 6.86. The summed E-state index contributed by atoms with van der Waals surface area (Å²) in [5.41, 5.74) is 2.81. The molecule has 1 aliphatic heterocycles. The molecule has 2 N–H and O–H groups in total. The van der Waals surface area contributed by atoms with Gasteiger partial charge in [-0.05, 0) is 31.5 Å². The predicted octanol–water partition coefficient (Wildman–Crippen LogP) is 0.700. The quantitative estimate of drug-likeness (QED) is 0.726. The minimum absolute atomic E-state index is 0.0221. The van der Waals surface area contributed by atoms with Gasteiger partial charge in [-0.25, -0.2) is 0 Å². The van der Waals surface area contributed by atoms with Crippen molar-refractivity contribution in [1.29, 1.82) is 0 Å². The lowest BCUT2D eigenvalue weighted by Crippen LogP contribution is -2.45. The lowest BCUT2D eigenvalue weighted by Gasteiger charge is -2.22. The first-order valence-corrected chi connectivity index (χ1v) is 5.03. The second-order valence-electron chi connectivity index (χ2n) is 3.57. The molecule has 1 aliphatic rings. The fraction of sp³-hybridized carbons (Fsp3) is 0.500. The molecule has 14 heavy (non-hydrogen) atoms. The number of nitrogens with zero attached hydrogens (tertiary/aromatic N) is 1. The number of carbonyl (C=O) groups excluding carboxylic acids is 1. The van der Waals surface area contributed by atoms with Gasteiger partial charge in [-0.3, -0.25) is 14.9 Å². The van der Waals surface area contributed by atoms with E-state index in [9.17, 15) is 4.79 Å². The molecule has 1 aromatic rings. The Bertz CT molecular complexity index is 288. The van der Waals surface area contributed by atoms with Gasteiger partial charge >= 0.3 is 0 Å². The number of piperidine rings is 1. The molecule has 0 aliphatic carbocycles. The van der Waals surface area contributed by atoms with Crippen LogP contribution in [-0.2, 0) is 4.79 Å². The molecule has 1 saturated heterocycles. The van der Waals surface area contributed by atoms with Gasteiger partial charge in [0.05, 0.1) is 6.04 Å². The van der Waals surface area contributed by atoms with E-state index in [1.807, 2.05) is 24.5 Å². The molecular formula is C10H15N3O. The van der Waals surface area contributed by atoms with Crippen molar-refractivity contribution in [1.82, 2.24) is 9.99 Å². The largest absolute Gasteiger partial charge is 0.306 e. The highest BCUT2D eigenvalue weighted by atomic mass is 16.2. The van der Waals surface area contributed by atoms with Crippen molar-refractivity contribution in [3.8, 4) is 0 Å². The second-order valence-corrected chi connectivity index (χ2v) is 3.57. The Balaban J connectivity index is 1.88. The summed E-state index contributed by atoms with van der Waals surface area (Å²) in [6, 6.07) is 3.74. The summed E-state index contributed by atoms with van der Waals surface area (Å²) in [5.74, 6) is 0.0564. The zero-order chi connectivity index (χ0) is 9.80. The van der Waals surface area contributed by atoms with Crippen LogP contribution in [0.15, 0.2) is 24.5 Å². The van der Waals surface area contributed by atoms with Crippen LogP contribution in [0.4, 0.5) is 0 Å². The van der Waals surface area contributed by atoms with Crippen molar-refractivity contribution < 1.29 is 4.79 Å². The first kappa shape index (κ1) is 9.27. The molecule has 1 atom stereocenters. The van der Waals surface area contributed by atoms with Crippen LogP contribution in [-0.4, -0.2) is 23.2 Å². The molecule has 1 unspecified atom stereocenters. The van der Waals surface area contributed by atoms with Crippen molar-refractivity contribution in [2.24, 2.45) is 0 Å². The van der Waals surface area contributed by atoms with Gasteiger partial charge in [-0.15, -0.1) is 0 Å². The molecule has 1 fully saturated rings. The van der Waals surface area contributed by atoms with Crippen LogP contribution in [0.25, 0.3) is 0 Å². The van der Waals surface area contributed by atoms with Gasteiger partial charge in [0.15, 0.2) is 0 Å². The molecule has 2 heterocycles. The van der Waals surface area contributed by atoms with E-state index in [1.165, 1.54) is 6.42 Å². The van der Waals surface area contributed by atoms with Gasteiger partial charge in [0.1, 0.15) is 0 Å². The molecule has 2 rings (SSSR count). The third-order valence-electron chi connectivity index (χ3n) is 2.47. The molecule has 0 saturated carbocycles.